The van der Waals surface area contributed by atoms with Gasteiger partial charge in [-0.05, 0) is 68.5 Å². The zero-order chi connectivity index (χ0) is 19.2. The first-order valence-corrected chi connectivity index (χ1v) is 10.4. The van der Waals surface area contributed by atoms with Gasteiger partial charge in [-0.3, -0.25) is 0 Å². The zero-order valence-corrected chi connectivity index (χ0v) is 17.1. The molecule has 0 aromatic heterocycles. The van der Waals surface area contributed by atoms with Crippen LogP contribution in [0.1, 0.15) is 32.1 Å². The molecule has 2 aliphatic rings. The van der Waals surface area contributed by atoms with E-state index in [1.807, 2.05) is 36.4 Å². The highest BCUT2D eigenvalue weighted by Crippen LogP contribution is 2.30. The lowest BCUT2D eigenvalue weighted by molar-refractivity contribution is 0.578. The fourth-order valence-corrected chi connectivity index (χ4v) is 4.27. The maximum absolute atomic E-state index is 6.14. The number of hydrogen-bond acceptors (Lipinski definition) is 4. The molecule has 2 aliphatic heterocycles. The summed E-state index contributed by atoms with van der Waals surface area (Å²) in [4.78, 5) is 4.65. The SMILES string of the molecule is Nc1ccc(N2CCCC2)c(Cl)c1.Nc1ccc(N2CCCCC2)c(Cl)c1. The molecule has 2 heterocycles. The molecule has 27 heavy (non-hydrogen) atoms. The third-order valence-corrected chi connectivity index (χ3v) is 5.69. The van der Waals surface area contributed by atoms with Crippen molar-refractivity contribution in [1.29, 1.82) is 0 Å². The number of benzene rings is 2. The lowest BCUT2D eigenvalue weighted by Gasteiger charge is -2.29. The van der Waals surface area contributed by atoms with E-state index in [0.29, 0.717) is 0 Å². The van der Waals surface area contributed by atoms with E-state index in [9.17, 15) is 0 Å². The second-order valence-electron chi connectivity index (χ2n) is 7.16. The van der Waals surface area contributed by atoms with E-state index >= 15 is 0 Å². The van der Waals surface area contributed by atoms with Crippen molar-refractivity contribution in [3.63, 3.8) is 0 Å². The fourth-order valence-electron chi connectivity index (χ4n) is 3.65. The van der Waals surface area contributed by atoms with Crippen molar-refractivity contribution in [3.05, 3.63) is 46.4 Å². The van der Waals surface area contributed by atoms with Gasteiger partial charge in [-0.25, -0.2) is 0 Å². The van der Waals surface area contributed by atoms with Gasteiger partial charge in [0.15, 0.2) is 0 Å². The smallest absolute Gasteiger partial charge is 0.0660 e. The van der Waals surface area contributed by atoms with Crippen LogP contribution in [0.25, 0.3) is 0 Å². The minimum absolute atomic E-state index is 0.730. The maximum Gasteiger partial charge on any atom is 0.0660 e. The van der Waals surface area contributed by atoms with Gasteiger partial charge in [0, 0.05) is 37.6 Å². The summed E-state index contributed by atoms with van der Waals surface area (Å²) in [6.07, 6.45) is 6.39. The summed E-state index contributed by atoms with van der Waals surface area (Å²) in [7, 11) is 0. The monoisotopic (exact) mass is 406 g/mol. The molecule has 0 spiro atoms. The largest absolute Gasteiger partial charge is 0.399 e. The predicted molar refractivity (Wildman–Crippen MR) is 119 cm³/mol. The Kier molecular flexibility index (Phi) is 6.97. The minimum Gasteiger partial charge on any atom is -0.399 e. The number of piperidine rings is 1. The second-order valence-corrected chi connectivity index (χ2v) is 7.98. The van der Waals surface area contributed by atoms with E-state index < -0.39 is 0 Å². The molecule has 2 aromatic carbocycles. The molecule has 0 amide bonds. The Morgan fingerprint density at radius 3 is 1.33 bits per heavy atom. The Hall–Kier alpha value is -1.78. The summed E-state index contributed by atoms with van der Waals surface area (Å²) in [5.41, 5.74) is 15.0. The Balaban J connectivity index is 0.000000156. The van der Waals surface area contributed by atoms with E-state index in [2.05, 4.69) is 9.80 Å². The second kappa shape index (κ2) is 9.43. The van der Waals surface area contributed by atoms with Crippen molar-refractivity contribution in [3.8, 4) is 0 Å². The zero-order valence-electron chi connectivity index (χ0n) is 15.6. The lowest BCUT2D eigenvalue weighted by Crippen LogP contribution is -2.29. The van der Waals surface area contributed by atoms with Crippen molar-refractivity contribution in [2.45, 2.75) is 32.1 Å². The predicted octanol–water partition coefficient (Wildman–Crippen LogP) is 5.43. The molecule has 0 bridgehead atoms. The number of halogens is 2. The van der Waals surface area contributed by atoms with Crippen LogP contribution in [0.2, 0.25) is 10.0 Å². The Morgan fingerprint density at radius 2 is 0.963 bits per heavy atom. The summed E-state index contributed by atoms with van der Waals surface area (Å²) >= 11 is 12.2. The van der Waals surface area contributed by atoms with Gasteiger partial charge in [-0.2, -0.15) is 0 Å². The van der Waals surface area contributed by atoms with E-state index in [1.165, 1.54) is 32.1 Å². The van der Waals surface area contributed by atoms with Gasteiger partial charge in [0.05, 0.1) is 21.4 Å². The van der Waals surface area contributed by atoms with Crippen molar-refractivity contribution >= 4 is 46.0 Å². The number of nitrogens with zero attached hydrogens (tertiary/aromatic N) is 2. The molecule has 0 atom stereocenters. The summed E-state index contributed by atoms with van der Waals surface area (Å²) in [6, 6.07) is 11.5. The molecule has 2 saturated heterocycles. The highest BCUT2D eigenvalue weighted by Gasteiger charge is 2.15. The molecular formula is C21H28Cl2N4. The van der Waals surface area contributed by atoms with Gasteiger partial charge in [0.1, 0.15) is 0 Å². The summed E-state index contributed by atoms with van der Waals surface area (Å²) in [5.74, 6) is 0. The number of nitrogens with two attached hydrogens (primary N) is 2. The van der Waals surface area contributed by atoms with E-state index in [-0.39, 0.29) is 0 Å². The molecular weight excluding hydrogens is 379 g/mol. The van der Waals surface area contributed by atoms with Crippen LogP contribution in [0, 0.1) is 0 Å². The third-order valence-electron chi connectivity index (χ3n) is 5.09. The van der Waals surface area contributed by atoms with Crippen LogP contribution in [0.4, 0.5) is 22.7 Å². The molecule has 2 aromatic rings. The fraction of sp³-hybridized carbons (Fsp3) is 0.429. The summed E-state index contributed by atoms with van der Waals surface area (Å²) in [5, 5.41) is 1.54. The van der Waals surface area contributed by atoms with Crippen LogP contribution in [-0.4, -0.2) is 26.2 Å². The van der Waals surface area contributed by atoms with E-state index in [4.69, 9.17) is 34.7 Å². The standard InChI is InChI=1S/C11H15ClN2.C10H13ClN2/c12-10-8-9(13)4-5-11(10)14-6-2-1-3-7-14;11-9-7-8(12)3-4-10(9)13-5-1-2-6-13/h4-5,8H,1-3,6-7,13H2;3-4,7H,1-2,5-6,12H2. The summed E-state index contributed by atoms with van der Waals surface area (Å²) < 4.78 is 0. The Bertz CT molecular complexity index is 754. The van der Waals surface area contributed by atoms with Crippen LogP contribution in [0.15, 0.2) is 36.4 Å². The number of rotatable bonds is 2. The molecule has 2 fully saturated rings. The molecule has 4 rings (SSSR count). The lowest BCUT2D eigenvalue weighted by atomic mass is 10.1. The number of anilines is 4. The van der Waals surface area contributed by atoms with Gasteiger partial charge < -0.3 is 21.3 Å². The molecule has 0 aliphatic carbocycles. The maximum atomic E-state index is 6.14. The van der Waals surface area contributed by atoms with E-state index in [0.717, 1.165) is 59.0 Å². The molecule has 4 nitrogen and oxygen atoms in total. The molecule has 0 radical (unpaired) electrons. The van der Waals surface area contributed by atoms with Crippen LogP contribution < -0.4 is 21.3 Å². The van der Waals surface area contributed by atoms with Gasteiger partial charge >= 0.3 is 0 Å². The Morgan fingerprint density at radius 1 is 0.593 bits per heavy atom. The van der Waals surface area contributed by atoms with Gasteiger partial charge in [0.25, 0.3) is 0 Å². The van der Waals surface area contributed by atoms with Crippen molar-refractivity contribution < 1.29 is 0 Å². The van der Waals surface area contributed by atoms with Gasteiger partial charge in [-0.15, -0.1) is 0 Å². The van der Waals surface area contributed by atoms with E-state index in [1.54, 1.807) is 0 Å². The first kappa shape index (κ1) is 20.0. The molecule has 146 valence electrons. The first-order valence-electron chi connectivity index (χ1n) is 9.64. The van der Waals surface area contributed by atoms with Crippen LogP contribution >= 0.6 is 23.2 Å². The highest BCUT2D eigenvalue weighted by atomic mass is 35.5. The van der Waals surface area contributed by atoms with Crippen molar-refractivity contribution in [2.24, 2.45) is 0 Å². The molecule has 0 saturated carbocycles. The average Bonchev–Trinajstić information content (AvgIpc) is 3.17. The van der Waals surface area contributed by atoms with Gasteiger partial charge in [-0.1, -0.05) is 23.2 Å². The third kappa shape index (κ3) is 5.36. The molecule has 6 heteroatoms. The topological polar surface area (TPSA) is 58.5 Å². The van der Waals surface area contributed by atoms with Crippen molar-refractivity contribution in [2.75, 3.05) is 47.4 Å². The first-order chi connectivity index (χ1) is 13.0. The summed E-state index contributed by atoms with van der Waals surface area (Å²) in [6.45, 7) is 4.46. The van der Waals surface area contributed by atoms with Crippen LogP contribution in [-0.2, 0) is 0 Å². The molecule has 0 unspecified atom stereocenters. The number of nitrogen functional groups attached to an aromatic ring is 2. The van der Waals surface area contributed by atoms with Crippen molar-refractivity contribution in [1.82, 2.24) is 0 Å². The molecule has 4 N–H and O–H groups in total. The van der Waals surface area contributed by atoms with Gasteiger partial charge in [0.2, 0.25) is 0 Å². The minimum atomic E-state index is 0.730. The highest BCUT2D eigenvalue weighted by molar-refractivity contribution is 6.33. The normalized spacial score (nSPS) is 16.8. The van der Waals surface area contributed by atoms with Crippen LogP contribution in [0.5, 0.6) is 0 Å². The Labute approximate surface area is 172 Å². The number of hydrogen-bond donors (Lipinski definition) is 2. The van der Waals surface area contributed by atoms with Crippen LogP contribution in [0.3, 0.4) is 0 Å². The average molecular weight is 407 g/mol. The quantitative estimate of drug-likeness (QED) is 0.652.